The largest absolute Gasteiger partial charge is 0.349 e. The molecule has 0 aromatic carbocycles. The first kappa shape index (κ1) is 15.8. The highest BCUT2D eigenvalue weighted by Gasteiger charge is 2.42. The Morgan fingerprint density at radius 3 is 2.92 bits per heavy atom. The third kappa shape index (κ3) is 2.86. The van der Waals surface area contributed by atoms with Gasteiger partial charge in [-0.25, -0.2) is 4.98 Å². The van der Waals surface area contributed by atoms with E-state index >= 15 is 0 Å². The lowest BCUT2D eigenvalue weighted by molar-refractivity contribution is 0.0918. The molecule has 2 heterocycles. The second-order valence-electron chi connectivity index (χ2n) is 7.28. The Balaban J connectivity index is 1.47. The number of fused-ring (bicyclic) bond motifs is 2. The second kappa shape index (κ2) is 6.28. The molecule has 2 saturated carbocycles. The highest BCUT2D eigenvalue weighted by Crippen LogP contribution is 2.49. The maximum absolute atomic E-state index is 12.7. The van der Waals surface area contributed by atoms with Crippen LogP contribution in [-0.2, 0) is 0 Å². The molecule has 24 heavy (non-hydrogen) atoms. The van der Waals surface area contributed by atoms with E-state index in [-0.39, 0.29) is 11.9 Å². The summed E-state index contributed by atoms with van der Waals surface area (Å²) in [4.78, 5) is 22.1. The number of hydrogen-bond acceptors (Lipinski definition) is 4. The van der Waals surface area contributed by atoms with E-state index in [0.717, 1.165) is 33.0 Å². The molecule has 2 aromatic rings. The number of carbonyl (C=O) groups excluding carboxylic acids is 1. The van der Waals surface area contributed by atoms with Gasteiger partial charge in [0.25, 0.3) is 5.91 Å². The van der Waals surface area contributed by atoms with Gasteiger partial charge in [0.1, 0.15) is 9.88 Å². The average Bonchev–Trinajstić information content (AvgIpc) is 3.30. The lowest BCUT2D eigenvalue weighted by Gasteiger charge is -2.28. The minimum absolute atomic E-state index is 0.0235. The minimum atomic E-state index is 0.0235. The maximum atomic E-state index is 12.7. The van der Waals surface area contributed by atoms with Crippen molar-refractivity contribution in [1.82, 2.24) is 15.3 Å². The molecule has 5 heteroatoms. The van der Waals surface area contributed by atoms with E-state index in [1.165, 1.54) is 37.0 Å². The number of pyridine rings is 1. The normalized spacial score (nSPS) is 26.5. The number of nitrogens with zero attached hydrogens (tertiary/aromatic N) is 2. The van der Waals surface area contributed by atoms with Crippen molar-refractivity contribution in [3.63, 3.8) is 0 Å². The summed E-state index contributed by atoms with van der Waals surface area (Å²) in [6, 6.07) is 4.12. The summed E-state index contributed by atoms with van der Waals surface area (Å²) in [5, 5.41) is 4.10. The Bertz CT molecular complexity index is 742. The van der Waals surface area contributed by atoms with Crippen LogP contribution in [0.5, 0.6) is 0 Å². The summed E-state index contributed by atoms with van der Waals surface area (Å²) in [7, 11) is 0. The molecular formula is C19H23N3OS. The van der Waals surface area contributed by atoms with Crippen molar-refractivity contribution in [3.05, 3.63) is 35.1 Å². The van der Waals surface area contributed by atoms with E-state index in [0.29, 0.717) is 5.92 Å². The van der Waals surface area contributed by atoms with E-state index in [4.69, 9.17) is 0 Å². The summed E-state index contributed by atoms with van der Waals surface area (Å²) in [5.41, 5.74) is 1.77. The first-order valence-corrected chi connectivity index (χ1v) is 9.62. The highest BCUT2D eigenvalue weighted by molar-refractivity contribution is 7.17. The molecule has 0 radical (unpaired) electrons. The van der Waals surface area contributed by atoms with Gasteiger partial charge in [-0.3, -0.25) is 9.78 Å². The van der Waals surface area contributed by atoms with Crippen molar-refractivity contribution in [2.24, 2.45) is 17.8 Å². The van der Waals surface area contributed by atoms with E-state index in [9.17, 15) is 4.79 Å². The van der Waals surface area contributed by atoms with Gasteiger partial charge in [-0.15, -0.1) is 11.3 Å². The predicted molar refractivity (Wildman–Crippen MR) is 95.9 cm³/mol. The molecule has 0 aliphatic heterocycles. The van der Waals surface area contributed by atoms with Crippen molar-refractivity contribution >= 4 is 17.2 Å². The molecule has 0 saturated heterocycles. The predicted octanol–water partition coefficient (Wildman–Crippen LogP) is 4.07. The summed E-state index contributed by atoms with van der Waals surface area (Å²) in [5.74, 6) is 2.40. The molecule has 2 bridgehead atoms. The van der Waals surface area contributed by atoms with Crippen LogP contribution in [0.25, 0.3) is 10.6 Å². The van der Waals surface area contributed by atoms with Gasteiger partial charge in [0.05, 0.1) is 5.69 Å². The number of thiazole rings is 1. The standard InChI is InChI=1S/C19H23N3OS/c1-11(16-9-13-5-6-14(16)8-13)21-18(23)17-12(2)22-19(24-17)15-4-3-7-20-10-15/h3-4,7,10-11,13-14,16H,5-6,8-9H2,1-2H3,(H,21,23)/t11-,13-,14-,16+/m0/s1. The van der Waals surface area contributed by atoms with Crippen LogP contribution in [-0.4, -0.2) is 21.9 Å². The fourth-order valence-corrected chi connectivity index (χ4v) is 5.46. The topological polar surface area (TPSA) is 54.9 Å². The van der Waals surface area contributed by atoms with Crippen LogP contribution in [0.2, 0.25) is 0 Å². The summed E-state index contributed by atoms with van der Waals surface area (Å²) >= 11 is 1.46. The van der Waals surface area contributed by atoms with Crippen LogP contribution in [0.1, 0.15) is 48.0 Å². The number of carbonyl (C=O) groups is 1. The zero-order chi connectivity index (χ0) is 16.7. The fraction of sp³-hybridized carbons (Fsp3) is 0.526. The number of hydrogen-bond donors (Lipinski definition) is 1. The molecule has 0 unspecified atom stereocenters. The highest BCUT2D eigenvalue weighted by atomic mass is 32.1. The summed E-state index contributed by atoms with van der Waals surface area (Å²) in [6.07, 6.45) is 8.93. The number of nitrogens with one attached hydrogen (secondary N) is 1. The van der Waals surface area contributed by atoms with Gasteiger partial charge in [-0.2, -0.15) is 0 Å². The Morgan fingerprint density at radius 1 is 1.38 bits per heavy atom. The van der Waals surface area contributed by atoms with E-state index in [1.54, 1.807) is 12.4 Å². The van der Waals surface area contributed by atoms with Gasteiger partial charge in [-0.05, 0) is 63.0 Å². The lowest BCUT2D eigenvalue weighted by Crippen LogP contribution is -2.40. The molecule has 2 aliphatic rings. The van der Waals surface area contributed by atoms with E-state index in [2.05, 4.69) is 22.2 Å². The number of amides is 1. The van der Waals surface area contributed by atoms with Crippen molar-refractivity contribution in [2.75, 3.05) is 0 Å². The molecule has 2 fully saturated rings. The van der Waals surface area contributed by atoms with Gasteiger partial charge in [0.15, 0.2) is 0 Å². The molecule has 2 aromatic heterocycles. The Labute approximate surface area is 146 Å². The molecule has 1 N–H and O–H groups in total. The molecule has 0 spiro atoms. The van der Waals surface area contributed by atoms with E-state index < -0.39 is 0 Å². The molecule has 4 atom stereocenters. The molecule has 4 nitrogen and oxygen atoms in total. The number of aryl methyl sites for hydroxylation is 1. The SMILES string of the molecule is Cc1nc(-c2cccnc2)sc1C(=O)N[C@@H](C)[C@H]1C[C@H]2CC[C@H]1C2. The zero-order valence-electron chi connectivity index (χ0n) is 14.2. The smallest absolute Gasteiger partial charge is 0.263 e. The maximum Gasteiger partial charge on any atom is 0.263 e. The number of aromatic nitrogens is 2. The third-order valence-corrected chi connectivity index (χ3v) is 6.91. The van der Waals surface area contributed by atoms with Gasteiger partial charge in [-0.1, -0.05) is 6.42 Å². The molecular weight excluding hydrogens is 318 g/mol. The third-order valence-electron chi connectivity index (χ3n) is 5.71. The van der Waals surface area contributed by atoms with Crippen LogP contribution in [0.4, 0.5) is 0 Å². The van der Waals surface area contributed by atoms with Crippen LogP contribution >= 0.6 is 11.3 Å². The van der Waals surface area contributed by atoms with Gasteiger partial charge < -0.3 is 5.32 Å². The lowest BCUT2D eigenvalue weighted by atomic mass is 9.84. The van der Waals surface area contributed by atoms with Crippen LogP contribution < -0.4 is 5.32 Å². The van der Waals surface area contributed by atoms with Crippen molar-refractivity contribution in [3.8, 4) is 10.6 Å². The Morgan fingerprint density at radius 2 is 2.25 bits per heavy atom. The van der Waals surface area contributed by atoms with Crippen molar-refractivity contribution in [1.29, 1.82) is 0 Å². The van der Waals surface area contributed by atoms with Gasteiger partial charge in [0.2, 0.25) is 0 Å². The Kier molecular flexibility index (Phi) is 4.12. The van der Waals surface area contributed by atoms with Crippen molar-refractivity contribution < 1.29 is 4.79 Å². The quantitative estimate of drug-likeness (QED) is 0.912. The van der Waals surface area contributed by atoms with Crippen LogP contribution in [0.15, 0.2) is 24.5 Å². The molecule has 4 rings (SSSR count). The fourth-order valence-electron chi connectivity index (χ4n) is 4.51. The monoisotopic (exact) mass is 341 g/mol. The van der Waals surface area contributed by atoms with Gasteiger partial charge >= 0.3 is 0 Å². The van der Waals surface area contributed by atoms with Crippen molar-refractivity contribution in [2.45, 2.75) is 45.6 Å². The molecule has 126 valence electrons. The molecule has 2 aliphatic carbocycles. The first-order chi connectivity index (χ1) is 11.6. The number of rotatable bonds is 4. The summed E-state index contributed by atoms with van der Waals surface area (Å²) < 4.78 is 0. The minimum Gasteiger partial charge on any atom is -0.349 e. The van der Waals surface area contributed by atoms with Crippen LogP contribution in [0, 0.1) is 24.7 Å². The average molecular weight is 341 g/mol. The van der Waals surface area contributed by atoms with Gasteiger partial charge in [0, 0.05) is 24.0 Å². The molecule has 1 amide bonds. The summed E-state index contributed by atoms with van der Waals surface area (Å²) in [6.45, 7) is 4.08. The Hall–Kier alpha value is -1.75. The van der Waals surface area contributed by atoms with E-state index in [1.807, 2.05) is 19.1 Å². The van der Waals surface area contributed by atoms with Crippen LogP contribution in [0.3, 0.4) is 0 Å². The second-order valence-corrected chi connectivity index (χ2v) is 8.28. The first-order valence-electron chi connectivity index (χ1n) is 8.80. The zero-order valence-corrected chi connectivity index (χ0v) is 15.0.